The third-order valence-electron chi connectivity index (χ3n) is 5.68. The lowest BCUT2D eigenvalue weighted by Crippen LogP contribution is -2.43. The first-order chi connectivity index (χ1) is 15.7. The van der Waals surface area contributed by atoms with Gasteiger partial charge in [-0.25, -0.2) is 0 Å². The van der Waals surface area contributed by atoms with Crippen LogP contribution in [-0.2, 0) is 6.42 Å². The fraction of sp³-hybridized carbons (Fsp3) is 0.269. The van der Waals surface area contributed by atoms with Crippen molar-refractivity contribution in [1.82, 2.24) is 9.69 Å². The Bertz CT molecular complexity index is 1240. The van der Waals surface area contributed by atoms with Gasteiger partial charge in [-0.05, 0) is 87.6 Å². The molecule has 2 aromatic carbocycles. The largest absolute Gasteiger partial charge is 0.497 e. The van der Waals surface area contributed by atoms with Gasteiger partial charge in [0.1, 0.15) is 5.75 Å². The van der Waals surface area contributed by atoms with Crippen LogP contribution in [0.5, 0.6) is 5.75 Å². The summed E-state index contributed by atoms with van der Waals surface area (Å²) in [5.74, 6) is 0.440. The number of ether oxygens (including phenoxy) is 1. The van der Waals surface area contributed by atoms with E-state index in [9.17, 15) is 9.59 Å². The monoisotopic (exact) mass is 461 g/mol. The van der Waals surface area contributed by atoms with Crippen molar-refractivity contribution in [3.63, 3.8) is 0 Å². The van der Waals surface area contributed by atoms with Gasteiger partial charge in [0.15, 0.2) is 5.78 Å². The molecule has 0 fully saturated rings. The van der Waals surface area contributed by atoms with Crippen molar-refractivity contribution < 1.29 is 14.3 Å². The van der Waals surface area contributed by atoms with Crippen molar-refractivity contribution in [2.75, 3.05) is 12.4 Å². The molecule has 1 amide bonds. The predicted molar refractivity (Wildman–Crippen MR) is 132 cm³/mol. The molecule has 33 heavy (non-hydrogen) atoms. The Morgan fingerprint density at radius 2 is 1.88 bits per heavy atom. The second-order valence-electron chi connectivity index (χ2n) is 8.86. The first kappa shape index (κ1) is 22.7. The van der Waals surface area contributed by atoms with Crippen LogP contribution in [0.2, 0.25) is 0 Å². The van der Waals surface area contributed by atoms with Crippen molar-refractivity contribution >= 4 is 34.6 Å². The van der Waals surface area contributed by atoms with E-state index in [-0.39, 0.29) is 17.2 Å². The van der Waals surface area contributed by atoms with Crippen molar-refractivity contribution in [2.45, 2.75) is 39.7 Å². The summed E-state index contributed by atoms with van der Waals surface area (Å²) < 4.78 is 9.60. The molecule has 1 aliphatic rings. The number of allylic oxidation sites excluding steroid dienone is 1. The minimum Gasteiger partial charge on any atom is -0.497 e. The van der Waals surface area contributed by atoms with Gasteiger partial charge in [-0.3, -0.25) is 9.59 Å². The predicted octanol–water partition coefficient (Wildman–Crippen LogP) is 5.17. The Kier molecular flexibility index (Phi) is 6.08. The molecule has 0 saturated heterocycles. The maximum Gasteiger partial charge on any atom is 0.258 e. The van der Waals surface area contributed by atoms with E-state index in [1.165, 1.54) is 17.1 Å². The number of aromatic nitrogens is 1. The number of hydrogen-bond donors (Lipinski definition) is 2. The molecule has 2 heterocycles. The molecule has 4 rings (SSSR count). The van der Waals surface area contributed by atoms with Crippen LogP contribution in [0, 0.1) is 13.8 Å². The van der Waals surface area contributed by atoms with Gasteiger partial charge < -0.3 is 15.4 Å². The van der Waals surface area contributed by atoms with Crippen LogP contribution in [0.15, 0.2) is 48.5 Å². The van der Waals surface area contributed by atoms with E-state index in [2.05, 4.69) is 34.9 Å². The molecule has 7 heteroatoms. The molecule has 0 saturated carbocycles. The van der Waals surface area contributed by atoms with Crippen LogP contribution in [0.1, 0.15) is 56.3 Å². The van der Waals surface area contributed by atoms with E-state index in [4.69, 9.17) is 4.74 Å². The lowest BCUT2D eigenvalue weighted by Gasteiger charge is -2.35. The first-order valence-electron chi connectivity index (χ1n) is 10.7. The number of nitrogens with one attached hydrogen (secondary N) is 2. The molecule has 0 aliphatic carbocycles. The van der Waals surface area contributed by atoms with E-state index in [1.807, 2.05) is 26.0 Å². The molecule has 0 atom stereocenters. The molecular formula is C26H27N3O3S. The van der Waals surface area contributed by atoms with Gasteiger partial charge in [-0.2, -0.15) is 4.37 Å². The maximum absolute atomic E-state index is 13.1. The van der Waals surface area contributed by atoms with Gasteiger partial charge in [-0.1, -0.05) is 6.07 Å². The second-order valence-corrected chi connectivity index (χ2v) is 9.84. The first-order valence-corrected chi connectivity index (χ1v) is 11.5. The van der Waals surface area contributed by atoms with Crippen molar-refractivity contribution in [3.8, 4) is 5.75 Å². The Morgan fingerprint density at radius 1 is 1.15 bits per heavy atom. The number of benzene rings is 2. The van der Waals surface area contributed by atoms with Gasteiger partial charge >= 0.3 is 0 Å². The summed E-state index contributed by atoms with van der Waals surface area (Å²) in [7, 11) is 1.63. The Balaban J connectivity index is 1.56. The number of ketones is 1. The molecule has 0 radical (unpaired) electrons. The van der Waals surface area contributed by atoms with Crippen LogP contribution >= 0.6 is 11.5 Å². The van der Waals surface area contributed by atoms with Crippen molar-refractivity contribution in [3.05, 3.63) is 81.4 Å². The standard InChI is InChI=1S/C26H27N3O3S/c1-15-24(16(2)33-29-15)25(31)27-19-9-6-17(7-10-19)23(30)13-22-21-12-20(32-5)11-8-18(21)14-26(3,4)28-22/h6-13,28H,14H2,1-5H3,(H,27,31)/b22-13-. The van der Waals surface area contributed by atoms with E-state index in [0.717, 1.165) is 28.3 Å². The van der Waals surface area contributed by atoms with Crippen LogP contribution < -0.4 is 15.4 Å². The fourth-order valence-corrected chi connectivity index (χ4v) is 4.78. The number of fused-ring (bicyclic) bond motifs is 1. The van der Waals surface area contributed by atoms with E-state index < -0.39 is 0 Å². The quantitative estimate of drug-likeness (QED) is 0.405. The number of anilines is 1. The van der Waals surface area contributed by atoms with Crippen molar-refractivity contribution in [1.29, 1.82) is 0 Å². The summed E-state index contributed by atoms with van der Waals surface area (Å²) in [6, 6.07) is 12.9. The molecule has 1 aliphatic heterocycles. The average molecular weight is 462 g/mol. The van der Waals surface area contributed by atoms with Crippen LogP contribution in [-0.4, -0.2) is 28.7 Å². The summed E-state index contributed by atoms with van der Waals surface area (Å²) in [4.78, 5) is 26.5. The molecule has 2 N–H and O–H groups in total. The molecule has 0 unspecified atom stereocenters. The number of rotatable bonds is 5. The van der Waals surface area contributed by atoms with E-state index in [0.29, 0.717) is 22.5 Å². The Hall–Kier alpha value is -3.45. The zero-order valence-corrected chi connectivity index (χ0v) is 20.2. The van der Waals surface area contributed by atoms with Crippen molar-refractivity contribution in [2.24, 2.45) is 0 Å². The summed E-state index contributed by atoms with van der Waals surface area (Å²) in [5, 5.41) is 6.37. The van der Waals surface area contributed by atoms with Crippen LogP contribution in [0.25, 0.3) is 5.70 Å². The molecule has 0 spiro atoms. The zero-order chi connectivity index (χ0) is 23.8. The minimum atomic E-state index is -0.195. The maximum atomic E-state index is 13.1. The summed E-state index contributed by atoms with van der Waals surface area (Å²) in [6.45, 7) is 7.93. The van der Waals surface area contributed by atoms with E-state index in [1.54, 1.807) is 37.5 Å². The number of hydrogen-bond acceptors (Lipinski definition) is 6. The fourth-order valence-electron chi connectivity index (χ4n) is 4.09. The average Bonchev–Trinajstić information content (AvgIpc) is 3.11. The molecule has 1 aromatic heterocycles. The number of carbonyl (C=O) groups excluding carboxylic acids is 2. The summed E-state index contributed by atoms with van der Waals surface area (Å²) in [5.41, 5.74) is 5.23. The molecule has 170 valence electrons. The lowest BCUT2D eigenvalue weighted by molar-refractivity contribution is 0.102. The van der Waals surface area contributed by atoms with Gasteiger partial charge in [0.25, 0.3) is 5.91 Å². The van der Waals surface area contributed by atoms with Crippen LogP contribution in [0.4, 0.5) is 5.69 Å². The van der Waals surface area contributed by atoms with Gasteiger partial charge in [0, 0.05) is 39.0 Å². The zero-order valence-electron chi connectivity index (χ0n) is 19.4. The third kappa shape index (κ3) is 4.83. The Morgan fingerprint density at radius 3 is 2.52 bits per heavy atom. The highest BCUT2D eigenvalue weighted by Crippen LogP contribution is 2.32. The normalized spacial score (nSPS) is 15.5. The highest BCUT2D eigenvalue weighted by atomic mass is 32.1. The van der Waals surface area contributed by atoms with E-state index >= 15 is 0 Å². The lowest BCUT2D eigenvalue weighted by atomic mass is 9.85. The Labute approximate surface area is 197 Å². The number of methoxy groups -OCH3 is 1. The van der Waals surface area contributed by atoms with Gasteiger partial charge in [0.2, 0.25) is 0 Å². The summed E-state index contributed by atoms with van der Waals surface area (Å²) in [6.07, 6.45) is 2.49. The SMILES string of the molecule is COc1ccc2c(c1)/C(=C/C(=O)c1ccc(NC(=O)c3c(C)nsc3C)cc1)NC(C)(C)C2. The number of amides is 1. The molecule has 3 aromatic rings. The molecular weight excluding hydrogens is 434 g/mol. The van der Waals surface area contributed by atoms with Crippen LogP contribution in [0.3, 0.4) is 0 Å². The second kappa shape index (κ2) is 8.83. The van der Waals surface area contributed by atoms with Gasteiger partial charge in [-0.15, -0.1) is 0 Å². The smallest absolute Gasteiger partial charge is 0.258 e. The number of carbonyl (C=O) groups is 2. The third-order valence-corrected chi connectivity index (χ3v) is 6.52. The minimum absolute atomic E-state index is 0.115. The topological polar surface area (TPSA) is 80.3 Å². The number of nitrogens with zero attached hydrogens (tertiary/aromatic N) is 1. The highest BCUT2D eigenvalue weighted by molar-refractivity contribution is 7.06. The highest BCUT2D eigenvalue weighted by Gasteiger charge is 2.28. The molecule has 6 nitrogen and oxygen atoms in total. The number of aryl methyl sites for hydroxylation is 2. The van der Waals surface area contributed by atoms with Gasteiger partial charge in [0.05, 0.1) is 18.4 Å². The summed E-state index contributed by atoms with van der Waals surface area (Å²) >= 11 is 1.31. The molecule has 0 bridgehead atoms.